The minimum Gasteiger partial charge on any atom is -0.494 e. The van der Waals surface area contributed by atoms with Gasteiger partial charge in [0.1, 0.15) is 23.0 Å². The monoisotopic (exact) mass is 1040 g/mol. The van der Waals surface area contributed by atoms with Gasteiger partial charge in [-0.25, -0.2) is 9.59 Å². The molecule has 0 saturated heterocycles. The van der Waals surface area contributed by atoms with Crippen molar-refractivity contribution < 1.29 is 38.1 Å². The first-order valence-electron chi connectivity index (χ1n) is 28.0. The zero-order chi connectivity index (χ0) is 52.3. The van der Waals surface area contributed by atoms with Gasteiger partial charge in [-0.15, -0.1) is 0 Å². The van der Waals surface area contributed by atoms with Gasteiger partial charge in [0.25, 0.3) is 0 Å². The van der Waals surface area contributed by atoms with Crippen molar-refractivity contribution in [1.82, 2.24) is 0 Å². The van der Waals surface area contributed by atoms with Crippen LogP contribution in [0.3, 0.4) is 0 Å². The molecule has 0 heterocycles. The summed E-state index contributed by atoms with van der Waals surface area (Å²) >= 11 is 2.16. The Morgan fingerprint density at radius 3 is 0.919 bits per heavy atom. The van der Waals surface area contributed by atoms with E-state index in [4.69, 9.17) is 18.9 Å². The lowest BCUT2D eigenvalue weighted by atomic mass is 10.0. The molecule has 0 saturated carbocycles. The molecule has 0 bridgehead atoms. The highest BCUT2D eigenvalue weighted by molar-refractivity contribution is 8.14. The molecule has 0 N–H and O–H groups in total. The second-order valence-electron chi connectivity index (χ2n) is 19.3. The van der Waals surface area contributed by atoms with Gasteiger partial charge in [0, 0.05) is 27.0 Å². The fraction of sp³-hybridized carbons (Fsp3) is 0.469. The SMILES string of the molecule is CCCCCCCCCCCCCCCOc1ccc(C(=O)Sc2ccc(C(=O)Oc3cccc(OC(=O)c4ccc(SC(=O)c5ccc(OCCCCCCCCCCCCCCC)cc5)cc4)c3)cc2)cc1. The summed E-state index contributed by atoms with van der Waals surface area (Å²) in [6.45, 7) is 5.87. The first-order chi connectivity index (χ1) is 36.3. The van der Waals surface area contributed by atoms with E-state index in [1.54, 1.807) is 91.0 Å². The maximum Gasteiger partial charge on any atom is 0.343 e. The molecular formula is C64H82O8S2. The number of rotatable bonds is 38. The van der Waals surface area contributed by atoms with Gasteiger partial charge < -0.3 is 18.9 Å². The van der Waals surface area contributed by atoms with Gasteiger partial charge in [-0.2, -0.15) is 0 Å². The van der Waals surface area contributed by atoms with Crippen molar-refractivity contribution in [2.24, 2.45) is 0 Å². The van der Waals surface area contributed by atoms with Crippen LogP contribution in [-0.2, 0) is 0 Å². The van der Waals surface area contributed by atoms with Crippen LogP contribution in [0.15, 0.2) is 131 Å². The van der Waals surface area contributed by atoms with Crippen molar-refractivity contribution in [3.05, 3.63) is 144 Å². The number of unbranched alkanes of at least 4 members (excludes halogenated alkanes) is 24. The minimum absolute atomic E-state index is 0.114. The fourth-order valence-electron chi connectivity index (χ4n) is 8.58. The van der Waals surface area contributed by atoms with E-state index in [0.29, 0.717) is 45.3 Å². The molecule has 5 rings (SSSR count). The molecule has 0 atom stereocenters. The first-order valence-corrected chi connectivity index (χ1v) is 29.6. The van der Waals surface area contributed by atoms with Crippen molar-refractivity contribution in [2.45, 2.75) is 191 Å². The standard InChI is InChI=1S/C64H82O8S2/c1-3-5-7-9-11-13-15-17-19-21-23-25-27-48-69-55-40-32-53(33-41-55)63(67)73-59-44-36-51(37-45-59)61(65)71-57-30-29-31-58(50-57)72-62(66)52-38-46-60(47-39-52)74-64(68)54-34-42-56(43-35-54)70-49-28-26-24-22-20-18-16-14-12-10-8-6-4-2/h29-47,50H,3-28,48-49H2,1-2H3. The topological polar surface area (TPSA) is 105 Å². The van der Waals surface area contributed by atoms with Crippen LogP contribution in [0.1, 0.15) is 222 Å². The summed E-state index contributed by atoms with van der Waals surface area (Å²) in [6.07, 6.45) is 34.1. The number of carbonyl (C=O) groups excluding carboxylic acids is 4. The zero-order valence-electron chi connectivity index (χ0n) is 44.4. The summed E-state index contributed by atoms with van der Waals surface area (Å²) in [4.78, 5) is 53.6. The first kappa shape index (κ1) is 59.6. The molecule has 398 valence electrons. The van der Waals surface area contributed by atoms with Gasteiger partial charge in [0.05, 0.1) is 24.3 Å². The summed E-state index contributed by atoms with van der Waals surface area (Å²) in [6, 6.07) is 34.0. The van der Waals surface area contributed by atoms with Crippen molar-refractivity contribution >= 4 is 45.7 Å². The third-order valence-corrected chi connectivity index (χ3v) is 14.9. The fourth-order valence-corrected chi connectivity index (χ4v) is 10.1. The molecule has 5 aromatic carbocycles. The Balaban J connectivity index is 0.934. The third kappa shape index (κ3) is 24.4. The summed E-state index contributed by atoms with van der Waals surface area (Å²) in [5.74, 6) is 0.711. The Kier molecular flexibility index (Phi) is 29.5. The highest BCUT2D eigenvalue weighted by Gasteiger charge is 2.15. The smallest absolute Gasteiger partial charge is 0.343 e. The number of thioether (sulfide) groups is 2. The van der Waals surface area contributed by atoms with E-state index < -0.39 is 11.9 Å². The van der Waals surface area contributed by atoms with Crippen LogP contribution in [0.2, 0.25) is 0 Å². The molecule has 0 radical (unpaired) electrons. The van der Waals surface area contributed by atoms with Crippen LogP contribution < -0.4 is 18.9 Å². The lowest BCUT2D eigenvalue weighted by Gasteiger charge is -2.09. The predicted molar refractivity (Wildman–Crippen MR) is 305 cm³/mol. The van der Waals surface area contributed by atoms with E-state index in [2.05, 4.69) is 13.8 Å². The Labute approximate surface area is 451 Å². The molecule has 5 aromatic rings. The summed E-state index contributed by atoms with van der Waals surface area (Å²) in [5, 5.41) is -0.227. The number of ether oxygens (including phenoxy) is 4. The van der Waals surface area contributed by atoms with E-state index in [1.807, 2.05) is 24.3 Å². The molecule has 0 spiro atoms. The molecule has 0 amide bonds. The van der Waals surface area contributed by atoms with E-state index in [9.17, 15) is 19.2 Å². The largest absolute Gasteiger partial charge is 0.494 e. The number of hydrogen-bond acceptors (Lipinski definition) is 10. The highest BCUT2D eigenvalue weighted by atomic mass is 32.2. The van der Waals surface area contributed by atoms with Crippen LogP contribution in [0, 0.1) is 0 Å². The minimum atomic E-state index is -0.599. The van der Waals surface area contributed by atoms with Crippen molar-refractivity contribution in [1.29, 1.82) is 0 Å². The second-order valence-corrected chi connectivity index (χ2v) is 21.4. The average Bonchev–Trinajstić information content (AvgIpc) is 3.41. The number of esters is 2. The summed E-state index contributed by atoms with van der Waals surface area (Å²) in [5.41, 5.74) is 1.72. The van der Waals surface area contributed by atoms with Crippen molar-refractivity contribution in [3.63, 3.8) is 0 Å². The van der Waals surface area contributed by atoms with E-state index in [-0.39, 0.29) is 21.7 Å². The van der Waals surface area contributed by atoms with Gasteiger partial charge in [0.2, 0.25) is 10.2 Å². The van der Waals surface area contributed by atoms with Crippen LogP contribution in [0.25, 0.3) is 0 Å². The average molecular weight is 1040 g/mol. The van der Waals surface area contributed by atoms with Gasteiger partial charge in [-0.1, -0.05) is 174 Å². The van der Waals surface area contributed by atoms with Crippen molar-refractivity contribution in [2.75, 3.05) is 13.2 Å². The normalized spacial score (nSPS) is 11.1. The molecule has 8 nitrogen and oxygen atoms in total. The van der Waals surface area contributed by atoms with E-state index >= 15 is 0 Å². The Hall–Kier alpha value is -5.32. The molecule has 0 fully saturated rings. The predicted octanol–water partition coefficient (Wildman–Crippen LogP) is 18.9. The van der Waals surface area contributed by atoms with Crippen LogP contribution in [0.4, 0.5) is 0 Å². The van der Waals surface area contributed by atoms with Crippen molar-refractivity contribution in [3.8, 4) is 23.0 Å². The van der Waals surface area contributed by atoms with E-state index in [1.165, 1.54) is 160 Å². The molecule has 0 aliphatic heterocycles. The van der Waals surface area contributed by atoms with Gasteiger partial charge in [-0.3, -0.25) is 9.59 Å². The van der Waals surface area contributed by atoms with Gasteiger partial charge in [0.15, 0.2) is 0 Å². The molecule has 0 aromatic heterocycles. The quantitative estimate of drug-likeness (QED) is 0.0164. The third-order valence-electron chi connectivity index (χ3n) is 13.0. The van der Waals surface area contributed by atoms with Crippen LogP contribution >= 0.6 is 23.5 Å². The molecule has 10 heteroatoms. The molecule has 74 heavy (non-hydrogen) atoms. The highest BCUT2D eigenvalue weighted by Crippen LogP contribution is 2.28. The van der Waals surface area contributed by atoms with E-state index in [0.717, 1.165) is 47.9 Å². The Bertz CT molecular complexity index is 2180. The summed E-state index contributed by atoms with van der Waals surface area (Å²) in [7, 11) is 0. The van der Waals surface area contributed by atoms with Gasteiger partial charge in [-0.05, 0) is 146 Å². The Morgan fingerprint density at radius 2 is 0.608 bits per heavy atom. The molecular weight excluding hydrogens is 961 g/mol. The molecule has 0 aliphatic rings. The maximum atomic E-state index is 13.1. The number of hydrogen-bond donors (Lipinski definition) is 0. The van der Waals surface area contributed by atoms with Crippen LogP contribution in [-0.4, -0.2) is 35.4 Å². The van der Waals surface area contributed by atoms with Gasteiger partial charge >= 0.3 is 11.9 Å². The number of carbonyl (C=O) groups is 4. The molecule has 0 aliphatic carbocycles. The number of benzene rings is 5. The maximum absolute atomic E-state index is 13.1. The molecule has 0 unspecified atom stereocenters. The summed E-state index contributed by atoms with van der Waals surface area (Å²) < 4.78 is 23.1. The lowest BCUT2D eigenvalue weighted by Crippen LogP contribution is -2.10. The lowest BCUT2D eigenvalue weighted by molar-refractivity contribution is 0.0732. The second kappa shape index (κ2) is 36.6. The zero-order valence-corrected chi connectivity index (χ0v) is 46.1. The van der Waals surface area contributed by atoms with Crippen LogP contribution in [0.5, 0.6) is 23.0 Å². The Morgan fingerprint density at radius 1 is 0.324 bits per heavy atom.